The van der Waals surface area contributed by atoms with E-state index in [4.69, 9.17) is 16.3 Å². The van der Waals surface area contributed by atoms with Crippen LogP contribution in [-0.4, -0.2) is 38.5 Å². The van der Waals surface area contributed by atoms with E-state index in [1.165, 1.54) is 0 Å². The highest BCUT2D eigenvalue weighted by Crippen LogP contribution is 2.39. The molecule has 0 saturated carbocycles. The number of carbonyl (C=O) groups excluding carboxylic acids is 1. The Hall–Kier alpha value is -2.67. The maximum absolute atomic E-state index is 13.0. The highest BCUT2D eigenvalue weighted by molar-refractivity contribution is 6.32. The molecule has 8 heteroatoms. The van der Waals surface area contributed by atoms with E-state index in [1.54, 1.807) is 41.0 Å². The van der Waals surface area contributed by atoms with E-state index in [0.29, 0.717) is 39.7 Å². The Bertz CT molecular complexity index is 955. The Morgan fingerprint density at radius 3 is 3.08 bits per heavy atom. The van der Waals surface area contributed by atoms with E-state index < -0.39 is 0 Å². The number of pyridine rings is 1. The van der Waals surface area contributed by atoms with Crippen molar-refractivity contribution in [2.75, 3.05) is 11.4 Å². The zero-order chi connectivity index (χ0) is 16.8. The van der Waals surface area contributed by atoms with E-state index in [1.807, 2.05) is 13.0 Å². The van der Waals surface area contributed by atoms with Crippen molar-refractivity contribution in [1.29, 1.82) is 0 Å². The van der Waals surface area contributed by atoms with Gasteiger partial charge < -0.3 is 9.64 Å². The third-order valence-electron chi connectivity index (χ3n) is 3.93. The first-order chi connectivity index (χ1) is 11.5. The summed E-state index contributed by atoms with van der Waals surface area (Å²) in [4.78, 5) is 18.9. The van der Waals surface area contributed by atoms with E-state index in [9.17, 15) is 4.79 Å². The molecule has 7 nitrogen and oxygen atoms in total. The second-order valence-electron chi connectivity index (χ2n) is 5.71. The Kier molecular flexibility index (Phi) is 3.38. The van der Waals surface area contributed by atoms with Crippen LogP contribution in [0.15, 0.2) is 30.5 Å². The fourth-order valence-electron chi connectivity index (χ4n) is 2.81. The summed E-state index contributed by atoms with van der Waals surface area (Å²) >= 11 is 6.21. The predicted octanol–water partition coefficient (Wildman–Crippen LogP) is 2.44. The van der Waals surface area contributed by atoms with Gasteiger partial charge in [-0.1, -0.05) is 22.9 Å². The number of hydrogen-bond donors (Lipinski definition) is 0. The molecule has 0 spiro atoms. The third kappa shape index (κ3) is 2.28. The highest BCUT2D eigenvalue weighted by atomic mass is 35.5. The fourth-order valence-corrected chi connectivity index (χ4v) is 3.03. The molecule has 0 saturated heterocycles. The molecule has 1 aromatic carbocycles. The zero-order valence-electron chi connectivity index (χ0n) is 13.1. The van der Waals surface area contributed by atoms with Gasteiger partial charge in [-0.25, -0.2) is 9.67 Å². The third-order valence-corrected chi connectivity index (χ3v) is 4.23. The minimum absolute atomic E-state index is 0.158. The quantitative estimate of drug-likeness (QED) is 0.678. The molecule has 24 heavy (non-hydrogen) atoms. The molecule has 0 aliphatic carbocycles. The molecule has 0 unspecified atom stereocenters. The number of carbonyl (C=O) groups is 1. The first kappa shape index (κ1) is 14.9. The molecule has 122 valence electrons. The Labute approximate surface area is 142 Å². The molecule has 4 rings (SSSR count). The first-order valence-electron chi connectivity index (χ1n) is 7.47. The summed E-state index contributed by atoms with van der Waals surface area (Å²) in [5, 5.41) is 8.41. The van der Waals surface area contributed by atoms with Gasteiger partial charge in [0.2, 0.25) is 0 Å². The summed E-state index contributed by atoms with van der Waals surface area (Å²) in [6, 6.07) is 7.06. The predicted molar refractivity (Wildman–Crippen MR) is 89.5 cm³/mol. The van der Waals surface area contributed by atoms with Crippen LogP contribution in [-0.2, 0) is 7.05 Å². The van der Waals surface area contributed by atoms with Crippen molar-refractivity contribution in [3.05, 3.63) is 41.0 Å². The van der Waals surface area contributed by atoms with Crippen LogP contribution in [0.1, 0.15) is 17.3 Å². The lowest BCUT2D eigenvalue weighted by Crippen LogP contribution is -2.42. The van der Waals surface area contributed by atoms with Crippen LogP contribution < -0.4 is 9.64 Å². The number of ether oxygens (including phenoxy) is 1. The van der Waals surface area contributed by atoms with E-state index in [2.05, 4.69) is 15.3 Å². The van der Waals surface area contributed by atoms with Crippen LogP contribution in [0.4, 0.5) is 5.69 Å². The molecule has 1 aliphatic rings. The Morgan fingerprint density at radius 2 is 2.25 bits per heavy atom. The molecule has 0 radical (unpaired) electrons. The number of hydrogen-bond acceptors (Lipinski definition) is 5. The van der Waals surface area contributed by atoms with Crippen LogP contribution in [0.3, 0.4) is 0 Å². The van der Waals surface area contributed by atoms with Crippen LogP contribution in [0.5, 0.6) is 5.75 Å². The van der Waals surface area contributed by atoms with Crippen molar-refractivity contribution in [3.63, 3.8) is 0 Å². The lowest BCUT2D eigenvalue weighted by molar-refractivity contribution is 0.0961. The fraction of sp³-hybridized carbons (Fsp3) is 0.250. The van der Waals surface area contributed by atoms with Gasteiger partial charge in [0.05, 0.1) is 22.8 Å². The summed E-state index contributed by atoms with van der Waals surface area (Å²) < 4.78 is 7.35. The minimum Gasteiger partial charge on any atom is -0.485 e. The van der Waals surface area contributed by atoms with Crippen molar-refractivity contribution in [3.8, 4) is 5.75 Å². The summed E-state index contributed by atoms with van der Waals surface area (Å²) in [7, 11) is 1.76. The number of aromatic nitrogens is 4. The van der Waals surface area contributed by atoms with Gasteiger partial charge in [-0.05, 0) is 25.1 Å². The van der Waals surface area contributed by atoms with Crippen LogP contribution in [0.2, 0.25) is 5.02 Å². The second kappa shape index (κ2) is 5.45. The van der Waals surface area contributed by atoms with E-state index in [0.717, 1.165) is 0 Å². The van der Waals surface area contributed by atoms with Crippen molar-refractivity contribution in [1.82, 2.24) is 20.0 Å². The van der Waals surface area contributed by atoms with E-state index in [-0.39, 0.29) is 12.0 Å². The number of fused-ring (bicyclic) bond motifs is 2. The summed E-state index contributed by atoms with van der Waals surface area (Å²) in [6.45, 7) is 2.33. The van der Waals surface area contributed by atoms with Gasteiger partial charge in [0.25, 0.3) is 5.91 Å². The lowest BCUT2D eigenvalue weighted by atomic mass is 10.1. The Morgan fingerprint density at radius 1 is 1.42 bits per heavy atom. The van der Waals surface area contributed by atoms with Crippen molar-refractivity contribution < 1.29 is 9.53 Å². The Balaban J connectivity index is 1.77. The number of benzene rings is 1. The maximum atomic E-state index is 13.0. The largest absolute Gasteiger partial charge is 0.485 e. The van der Waals surface area contributed by atoms with Crippen molar-refractivity contribution in [2.24, 2.45) is 7.05 Å². The first-order valence-corrected chi connectivity index (χ1v) is 7.85. The molecule has 3 heterocycles. The van der Waals surface area contributed by atoms with Crippen molar-refractivity contribution in [2.45, 2.75) is 13.0 Å². The zero-order valence-corrected chi connectivity index (χ0v) is 13.9. The molecule has 2 aromatic heterocycles. The molecule has 0 N–H and O–H groups in total. The van der Waals surface area contributed by atoms with Gasteiger partial charge in [-0.2, -0.15) is 0 Å². The molecule has 0 fully saturated rings. The number of amides is 1. The average Bonchev–Trinajstić information content (AvgIpc) is 2.95. The van der Waals surface area contributed by atoms with Crippen LogP contribution in [0, 0.1) is 0 Å². The minimum atomic E-state index is -0.172. The van der Waals surface area contributed by atoms with Gasteiger partial charge in [0, 0.05) is 13.2 Å². The number of rotatable bonds is 1. The van der Waals surface area contributed by atoms with Crippen molar-refractivity contribution >= 4 is 34.4 Å². The number of nitrogens with zero attached hydrogens (tertiary/aromatic N) is 5. The van der Waals surface area contributed by atoms with Gasteiger partial charge in [0.15, 0.2) is 11.4 Å². The number of para-hydroxylation sites is 1. The standard InChI is InChI=1S/C16H14ClN5O2/c1-9-8-22(13-5-3-4-11(17)14(13)24-9)16(23)10-6-12-15(18-7-10)21(2)20-19-12/h3-7,9H,8H2,1-2H3/t9-/m1/s1. The van der Waals surface area contributed by atoms with Crippen LogP contribution >= 0.6 is 11.6 Å². The smallest absolute Gasteiger partial charge is 0.260 e. The SMILES string of the molecule is C[C@@H]1CN(C(=O)c2cnc3c(c2)nnn3C)c2cccc(Cl)c2O1. The maximum Gasteiger partial charge on any atom is 0.260 e. The molecule has 3 aromatic rings. The normalized spacial score (nSPS) is 16.8. The van der Waals surface area contributed by atoms with Gasteiger partial charge >= 0.3 is 0 Å². The second-order valence-corrected chi connectivity index (χ2v) is 6.12. The average molecular weight is 344 g/mol. The summed E-state index contributed by atoms with van der Waals surface area (Å²) in [5.74, 6) is 0.355. The lowest BCUT2D eigenvalue weighted by Gasteiger charge is -2.33. The monoisotopic (exact) mass is 343 g/mol. The summed E-state index contributed by atoms with van der Waals surface area (Å²) in [5.41, 5.74) is 2.31. The topological polar surface area (TPSA) is 73.1 Å². The molecule has 1 atom stereocenters. The summed E-state index contributed by atoms with van der Waals surface area (Å²) in [6.07, 6.45) is 1.38. The van der Waals surface area contributed by atoms with Gasteiger partial charge in [-0.15, -0.1) is 5.10 Å². The van der Waals surface area contributed by atoms with Gasteiger partial charge in [-0.3, -0.25) is 4.79 Å². The number of anilines is 1. The molecule has 0 bridgehead atoms. The molecule has 1 amide bonds. The molecule has 1 aliphatic heterocycles. The molecular formula is C16H14ClN5O2. The highest BCUT2D eigenvalue weighted by Gasteiger charge is 2.30. The van der Waals surface area contributed by atoms with Gasteiger partial charge in [0.1, 0.15) is 11.6 Å². The number of aryl methyl sites for hydroxylation is 1. The van der Waals surface area contributed by atoms with Crippen LogP contribution in [0.25, 0.3) is 11.2 Å². The molecular weight excluding hydrogens is 330 g/mol. The van der Waals surface area contributed by atoms with E-state index >= 15 is 0 Å². The number of halogens is 1.